The third-order valence-corrected chi connectivity index (χ3v) is 0. The van der Waals surface area contributed by atoms with Crippen LogP contribution < -0.4 is 37.2 Å². The Kier molecular flexibility index (Phi) is 10700. The van der Waals surface area contributed by atoms with Crippen LogP contribution in [0.5, 0.6) is 0 Å². The maximum Gasteiger partial charge on any atom is 3.00 e. The van der Waals surface area contributed by atoms with Gasteiger partial charge in [0.25, 0.3) is 0 Å². The zero-order valence-electron chi connectivity index (χ0n) is 4.49. The van der Waals surface area contributed by atoms with Crippen molar-refractivity contribution in [3.63, 3.8) is 0 Å². The molecule has 0 amide bonds. The molecule has 0 aliphatic heterocycles. The van der Waals surface area contributed by atoms with Gasteiger partial charge in [-0.2, -0.15) is 0 Å². The second-order valence-electron chi connectivity index (χ2n) is 0. The fourth-order valence-electron chi connectivity index (χ4n) is 0. The van der Waals surface area contributed by atoms with Crippen LogP contribution in [0.2, 0.25) is 0 Å². The summed E-state index contributed by atoms with van der Waals surface area (Å²) in [5.74, 6) is 0. The van der Waals surface area contributed by atoms with Gasteiger partial charge in [-0.15, -0.1) is 0 Å². The van der Waals surface area contributed by atoms with E-state index in [9.17, 15) is 0 Å². The Morgan fingerprint density at radius 2 is 0.300 bits per heavy atom. The second-order valence-corrected chi connectivity index (χ2v) is 0. The number of halogens is 3. The molecule has 0 bridgehead atoms. The average molecular weight is 372 g/mol. The Balaban J connectivity index is 0. The minimum Gasteiger partial charge on any atom is -1.00 e. The maximum atomic E-state index is 0. The normalized spacial score (nSPS) is 0. The number of hydrogen-bond donors (Lipinski definition) is 0. The van der Waals surface area contributed by atoms with Gasteiger partial charge in [-0.3, -0.25) is 0 Å². The van der Waals surface area contributed by atoms with Crippen molar-refractivity contribution in [1.29, 1.82) is 0 Å². The molecule has 0 aromatic rings. The van der Waals surface area contributed by atoms with Crippen molar-refractivity contribution >= 4 is 0 Å². The first-order valence-corrected chi connectivity index (χ1v) is 0. The third kappa shape index (κ3) is 209. The van der Waals surface area contributed by atoms with E-state index in [1.165, 1.54) is 0 Å². The first kappa shape index (κ1) is 375. The Labute approximate surface area is 109 Å². The Morgan fingerprint density at radius 1 is 0.300 bits per heavy atom. The molecule has 77 valence electrons. The molecular formula is H12Cl3GdO6. The van der Waals surface area contributed by atoms with Gasteiger partial charge in [-0.05, 0) is 0 Å². The minimum atomic E-state index is 0. The molecule has 0 saturated carbocycles. The second kappa shape index (κ2) is 284. The van der Waals surface area contributed by atoms with Crippen molar-refractivity contribution in [2.75, 3.05) is 0 Å². The molecule has 10 heavy (non-hydrogen) atoms. The summed E-state index contributed by atoms with van der Waals surface area (Å²) < 4.78 is 0. The van der Waals surface area contributed by atoms with Gasteiger partial charge in [-0.25, -0.2) is 0 Å². The molecule has 6 nitrogen and oxygen atoms in total. The summed E-state index contributed by atoms with van der Waals surface area (Å²) in [6, 6.07) is 0. The van der Waals surface area contributed by atoms with Gasteiger partial charge < -0.3 is 70.1 Å². The van der Waals surface area contributed by atoms with Crippen LogP contribution in [0.4, 0.5) is 0 Å². The maximum absolute atomic E-state index is 0. The molecular weight excluding hydrogens is 360 g/mol. The molecule has 0 spiro atoms. The van der Waals surface area contributed by atoms with Crippen LogP contribution in [0.3, 0.4) is 0 Å². The van der Waals surface area contributed by atoms with Crippen LogP contribution in [0.1, 0.15) is 0 Å². The van der Waals surface area contributed by atoms with Crippen molar-refractivity contribution in [3.05, 3.63) is 0 Å². The van der Waals surface area contributed by atoms with Gasteiger partial charge in [0.2, 0.25) is 0 Å². The first-order valence-electron chi connectivity index (χ1n) is 0. The van der Waals surface area contributed by atoms with Crippen LogP contribution in [0, 0.1) is 39.9 Å². The smallest absolute Gasteiger partial charge is 1.00 e. The number of rotatable bonds is 0. The fraction of sp³-hybridized carbons (Fsp3) is 0. The molecule has 0 unspecified atom stereocenters. The van der Waals surface area contributed by atoms with Gasteiger partial charge in [-0.1, -0.05) is 0 Å². The number of hydrogen-bond acceptors (Lipinski definition) is 0. The summed E-state index contributed by atoms with van der Waals surface area (Å²) in [5, 5.41) is 0. The van der Waals surface area contributed by atoms with Crippen molar-refractivity contribution in [3.8, 4) is 0 Å². The van der Waals surface area contributed by atoms with E-state index < -0.39 is 0 Å². The van der Waals surface area contributed by atoms with Gasteiger partial charge in [0.05, 0.1) is 0 Å². The Hall–Kier alpha value is 1.95. The molecule has 1 radical (unpaired) electrons. The van der Waals surface area contributed by atoms with Gasteiger partial charge in [0.15, 0.2) is 0 Å². The molecule has 10 heteroatoms. The van der Waals surface area contributed by atoms with E-state index in [1.54, 1.807) is 0 Å². The zero-order chi connectivity index (χ0) is 0. The van der Waals surface area contributed by atoms with Gasteiger partial charge in [0, 0.05) is 0 Å². The van der Waals surface area contributed by atoms with Crippen LogP contribution in [0.25, 0.3) is 0 Å². The van der Waals surface area contributed by atoms with Crippen LogP contribution in [0.15, 0.2) is 0 Å². The predicted molar refractivity (Wildman–Crippen MR) is 21.7 cm³/mol. The van der Waals surface area contributed by atoms with Crippen molar-refractivity contribution in [1.82, 2.24) is 0 Å². The molecule has 12 N–H and O–H groups in total. The largest absolute Gasteiger partial charge is 3.00 e. The van der Waals surface area contributed by atoms with E-state index in [2.05, 4.69) is 0 Å². The summed E-state index contributed by atoms with van der Waals surface area (Å²) >= 11 is 0. The quantitative estimate of drug-likeness (QED) is 0.391. The van der Waals surface area contributed by atoms with Crippen molar-refractivity contribution in [2.45, 2.75) is 0 Å². The summed E-state index contributed by atoms with van der Waals surface area (Å²) in [7, 11) is 0. The molecule has 0 aliphatic rings. The fourth-order valence-corrected chi connectivity index (χ4v) is 0. The minimum absolute atomic E-state index is 0. The van der Waals surface area contributed by atoms with E-state index >= 15 is 0 Å². The first-order chi connectivity index (χ1) is 0. The van der Waals surface area contributed by atoms with Crippen LogP contribution in [-0.4, -0.2) is 32.9 Å². The standard InChI is InChI=1S/3ClH.Gd.6H2O/h3*1H;;6*1H2/q;;;+3;;;;;;/p-3. The molecule has 0 saturated heterocycles. The van der Waals surface area contributed by atoms with Gasteiger partial charge >= 0.3 is 39.9 Å². The van der Waals surface area contributed by atoms with Crippen molar-refractivity contribution in [2.24, 2.45) is 0 Å². The molecule has 0 fully saturated rings. The van der Waals surface area contributed by atoms with E-state index in [0.29, 0.717) is 0 Å². The molecule has 0 rings (SSSR count). The summed E-state index contributed by atoms with van der Waals surface area (Å²) in [5.41, 5.74) is 0. The monoisotopic (exact) mass is 371 g/mol. The summed E-state index contributed by atoms with van der Waals surface area (Å²) in [6.45, 7) is 0. The van der Waals surface area contributed by atoms with E-state index in [4.69, 9.17) is 0 Å². The van der Waals surface area contributed by atoms with Crippen LogP contribution >= 0.6 is 0 Å². The molecule has 0 heterocycles. The summed E-state index contributed by atoms with van der Waals surface area (Å²) in [4.78, 5) is 0. The van der Waals surface area contributed by atoms with Crippen molar-refractivity contribution < 1.29 is 110 Å². The van der Waals surface area contributed by atoms with Gasteiger partial charge in [0.1, 0.15) is 0 Å². The van der Waals surface area contributed by atoms with E-state index in [1.807, 2.05) is 0 Å². The van der Waals surface area contributed by atoms with Crippen LogP contribution in [-0.2, 0) is 0 Å². The SMILES string of the molecule is O.O.O.O.O.O.[Cl-].[Cl-].[Cl-].[Gd+3]. The zero-order valence-corrected chi connectivity index (χ0v) is 9.02. The summed E-state index contributed by atoms with van der Waals surface area (Å²) in [6.07, 6.45) is 0. The van der Waals surface area contributed by atoms with E-state index in [0.717, 1.165) is 0 Å². The average Bonchev–Trinajstić information content (AvgIpc) is 0. The Bertz CT molecular complexity index is 13.0. The topological polar surface area (TPSA) is 189 Å². The molecule has 0 atom stereocenters. The molecule has 0 aromatic carbocycles. The molecule has 0 aromatic heterocycles. The van der Waals surface area contributed by atoms with E-state index in [-0.39, 0.29) is 110 Å². The third-order valence-electron chi connectivity index (χ3n) is 0. The Morgan fingerprint density at radius 3 is 0.300 bits per heavy atom. The molecule has 0 aliphatic carbocycles. The predicted octanol–water partition coefficient (Wildman–Crippen LogP) is -13.9.